The van der Waals surface area contributed by atoms with Crippen LogP contribution >= 0.6 is 11.3 Å². The van der Waals surface area contributed by atoms with E-state index in [4.69, 9.17) is 9.84 Å². The van der Waals surface area contributed by atoms with Gasteiger partial charge in [0.25, 0.3) is 0 Å². The minimum absolute atomic E-state index is 0.349. The first-order valence-electron chi connectivity index (χ1n) is 5.73. The van der Waals surface area contributed by atoms with Crippen molar-refractivity contribution < 1.29 is 19.4 Å². The molecule has 1 N–H and O–H groups in total. The van der Waals surface area contributed by atoms with Crippen LogP contribution in [-0.4, -0.2) is 35.2 Å². The molecule has 1 aromatic heterocycles. The summed E-state index contributed by atoms with van der Waals surface area (Å²) in [6.45, 7) is 3.91. The number of carbonyl (C=O) groups excluding carboxylic acids is 1. The second-order valence-electron chi connectivity index (χ2n) is 3.76. The number of carbonyl (C=O) groups is 2. The van der Waals surface area contributed by atoms with Crippen molar-refractivity contribution in [3.05, 3.63) is 22.4 Å². The second-order valence-corrected chi connectivity index (χ2v) is 4.74. The number of carboxylic acid groups (broad SMARTS) is 1. The van der Waals surface area contributed by atoms with Crippen LogP contribution in [0.1, 0.15) is 31.2 Å². The molecule has 0 bridgehead atoms. The molecule has 0 spiro atoms. The highest BCUT2D eigenvalue weighted by Crippen LogP contribution is 2.26. The summed E-state index contributed by atoms with van der Waals surface area (Å²) >= 11 is 1.50. The van der Waals surface area contributed by atoms with Crippen LogP contribution in [0.4, 0.5) is 4.79 Å². The molecule has 5 nitrogen and oxygen atoms in total. The molecule has 1 rings (SSSR count). The van der Waals surface area contributed by atoms with E-state index in [9.17, 15) is 9.59 Å². The molecule has 0 fully saturated rings. The first-order chi connectivity index (χ1) is 8.54. The van der Waals surface area contributed by atoms with Crippen LogP contribution in [-0.2, 0) is 9.53 Å². The third-order valence-corrected chi connectivity index (χ3v) is 3.45. The summed E-state index contributed by atoms with van der Waals surface area (Å²) in [7, 11) is 0. The highest BCUT2D eigenvalue weighted by atomic mass is 32.1. The van der Waals surface area contributed by atoms with Crippen LogP contribution in [0.15, 0.2) is 17.5 Å². The fourth-order valence-corrected chi connectivity index (χ4v) is 2.39. The van der Waals surface area contributed by atoms with Gasteiger partial charge in [0, 0.05) is 31.3 Å². The third-order valence-electron chi connectivity index (χ3n) is 2.48. The van der Waals surface area contributed by atoms with Crippen molar-refractivity contribution in [1.29, 1.82) is 0 Å². The van der Waals surface area contributed by atoms with Crippen LogP contribution in [0.25, 0.3) is 0 Å². The number of hydrogen-bond acceptors (Lipinski definition) is 4. The van der Waals surface area contributed by atoms with Gasteiger partial charge >= 0.3 is 12.1 Å². The van der Waals surface area contributed by atoms with Crippen molar-refractivity contribution in [2.45, 2.75) is 26.4 Å². The Morgan fingerprint density at radius 3 is 2.72 bits per heavy atom. The van der Waals surface area contributed by atoms with Gasteiger partial charge < -0.3 is 14.7 Å². The Balaban J connectivity index is 2.62. The van der Waals surface area contributed by atoms with Gasteiger partial charge in [0.1, 0.15) is 6.10 Å². The number of hydrogen-bond donors (Lipinski definition) is 1. The normalized spacial score (nSPS) is 11.9. The van der Waals surface area contributed by atoms with E-state index in [2.05, 4.69) is 0 Å². The van der Waals surface area contributed by atoms with E-state index >= 15 is 0 Å². The Bertz CT molecular complexity index is 391. The zero-order valence-electron chi connectivity index (χ0n) is 10.5. The van der Waals surface area contributed by atoms with Crippen molar-refractivity contribution >= 4 is 23.4 Å². The van der Waals surface area contributed by atoms with Crippen molar-refractivity contribution in [2.24, 2.45) is 0 Å². The summed E-state index contributed by atoms with van der Waals surface area (Å²) in [6, 6.07) is 3.76. The van der Waals surface area contributed by atoms with E-state index in [0.29, 0.717) is 19.5 Å². The molecule has 100 valence electrons. The number of ether oxygens (including phenoxy) is 1. The smallest absolute Gasteiger partial charge is 0.407 e. The van der Waals surface area contributed by atoms with Gasteiger partial charge in [-0.15, -0.1) is 11.3 Å². The average Bonchev–Trinajstić information content (AvgIpc) is 2.80. The van der Waals surface area contributed by atoms with Crippen LogP contribution in [0.3, 0.4) is 0 Å². The maximum absolute atomic E-state index is 11.0. The predicted octanol–water partition coefficient (Wildman–Crippen LogP) is 2.74. The number of amides is 1. The lowest BCUT2D eigenvalue weighted by molar-refractivity contribution is -0.147. The van der Waals surface area contributed by atoms with E-state index in [0.717, 1.165) is 4.88 Å². The van der Waals surface area contributed by atoms with Gasteiger partial charge in [-0.3, -0.25) is 4.79 Å². The second kappa shape index (κ2) is 7.00. The standard InChI is InChI=1S/C12H17NO4S/c1-3-13(12(15)16)7-6-10(17-9(2)14)11-5-4-8-18-11/h4-5,8,10H,3,6-7H2,1-2H3,(H,15,16)/t10-/m0/s1. The maximum Gasteiger partial charge on any atom is 0.407 e. The van der Waals surface area contributed by atoms with Gasteiger partial charge in [0.15, 0.2) is 0 Å². The zero-order chi connectivity index (χ0) is 13.5. The molecule has 0 unspecified atom stereocenters. The topological polar surface area (TPSA) is 66.8 Å². The minimum atomic E-state index is -0.953. The molecule has 0 aliphatic heterocycles. The monoisotopic (exact) mass is 271 g/mol. The fraction of sp³-hybridized carbons (Fsp3) is 0.500. The lowest BCUT2D eigenvalue weighted by Gasteiger charge is -2.21. The van der Waals surface area contributed by atoms with Crippen molar-refractivity contribution in [2.75, 3.05) is 13.1 Å². The van der Waals surface area contributed by atoms with E-state index in [1.165, 1.54) is 23.2 Å². The lowest BCUT2D eigenvalue weighted by atomic mass is 10.2. The highest BCUT2D eigenvalue weighted by Gasteiger charge is 2.18. The Labute approximate surface area is 110 Å². The minimum Gasteiger partial charge on any atom is -0.465 e. The molecule has 0 aliphatic carbocycles. The molecule has 0 radical (unpaired) electrons. The van der Waals surface area contributed by atoms with Gasteiger partial charge in [-0.05, 0) is 18.4 Å². The molecule has 1 atom stereocenters. The molecule has 1 aromatic rings. The molecule has 0 saturated carbocycles. The Morgan fingerprint density at radius 2 is 2.28 bits per heavy atom. The number of thiophene rings is 1. The van der Waals surface area contributed by atoms with Crippen LogP contribution in [0, 0.1) is 0 Å². The van der Waals surface area contributed by atoms with Gasteiger partial charge in [-0.2, -0.15) is 0 Å². The summed E-state index contributed by atoms with van der Waals surface area (Å²) < 4.78 is 5.22. The van der Waals surface area contributed by atoms with Crippen LogP contribution < -0.4 is 0 Å². The Morgan fingerprint density at radius 1 is 1.56 bits per heavy atom. The van der Waals surface area contributed by atoms with E-state index in [1.54, 1.807) is 6.92 Å². The quantitative estimate of drug-likeness (QED) is 0.808. The summed E-state index contributed by atoms with van der Waals surface area (Å²) in [6.07, 6.45) is -0.846. The molecule has 0 aromatic carbocycles. The van der Waals surface area contributed by atoms with Crippen LogP contribution in [0.5, 0.6) is 0 Å². The van der Waals surface area contributed by atoms with E-state index in [-0.39, 0.29) is 12.1 Å². The van der Waals surface area contributed by atoms with Gasteiger partial charge in [-0.1, -0.05) is 6.07 Å². The van der Waals surface area contributed by atoms with Crippen LogP contribution in [0.2, 0.25) is 0 Å². The fourth-order valence-electron chi connectivity index (χ4n) is 1.60. The lowest BCUT2D eigenvalue weighted by Crippen LogP contribution is -2.31. The molecular formula is C12H17NO4S. The van der Waals surface area contributed by atoms with Crippen molar-refractivity contribution in [3.8, 4) is 0 Å². The summed E-state index contributed by atoms with van der Waals surface area (Å²) in [4.78, 5) is 24.2. The molecule has 18 heavy (non-hydrogen) atoms. The van der Waals surface area contributed by atoms with Gasteiger partial charge in [0.05, 0.1) is 0 Å². The zero-order valence-corrected chi connectivity index (χ0v) is 11.3. The largest absolute Gasteiger partial charge is 0.465 e. The molecule has 1 heterocycles. The van der Waals surface area contributed by atoms with Gasteiger partial charge in [0.2, 0.25) is 0 Å². The summed E-state index contributed by atoms with van der Waals surface area (Å²) in [5.41, 5.74) is 0. The highest BCUT2D eigenvalue weighted by molar-refractivity contribution is 7.10. The number of nitrogens with zero attached hydrogens (tertiary/aromatic N) is 1. The molecule has 1 amide bonds. The van der Waals surface area contributed by atoms with Crippen molar-refractivity contribution in [1.82, 2.24) is 4.90 Å². The Kier molecular flexibility index (Phi) is 5.64. The van der Waals surface area contributed by atoms with Crippen molar-refractivity contribution in [3.63, 3.8) is 0 Å². The predicted molar refractivity (Wildman–Crippen MR) is 68.7 cm³/mol. The van der Waals surface area contributed by atoms with E-state index in [1.807, 2.05) is 17.5 Å². The molecule has 6 heteroatoms. The number of rotatable bonds is 6. The molecule has 0 aliphatic rings. The third kappa shape index (κ3) is 4.37. The summed E-state index contributed by atoms with van der Waals surface area (Å²) in [5, 5.41) is 10.8. The van der Waals surface area contributed by atoms with E-state index < -0.39 is 6.09 Å². The molecular weight excluding hydrogens is 254 g/mol. The average molecular weight is 271 g/mol. The first kappa shape index (κ1) is 14.5. The maximum atomic E-state index is 11.0. The summed E-state index contributed by atoms with van der Waals surface area (Å²) in [5.74, 6) is -0.355. The Hall–Kier alpha value is -1.56. The number of esters is 1. The first-order valence-corrected chi connectivity index (χ1v) is 6.61. The molecule has 0 saturated heterocycles. The van der Waals surface area contributed by atoms with Gasteiger partial charge in [-0.25, -0.2) is 4.79 Å². The SMILES string of the molecule is CCN(CC[C@H](OC(C)=O)c1cccs1)C(=O)O.